The first-order valence-corrected chi connectivity index (χ1v) is 9.00. The normalized spacial score (nSPS) is 12.2. The van der Waals surface area contributed by atoms with Crippen LogP contribution < -0.4 is 0 Å². The van der Waals surface area contributed by atoms with Gasteiger partial charge in [0.05, 0.1) is 26.4 Å². The van der Waals surface area contributed by atoms with E-state index in [0.29, 0.717) is 11.4 Å². The molecule has 4 nitrogen and oxygen atoms in total. The summed E-state index contributed by atoms with van der Waals surface area (Å²) in [5.74, 6) is 0. The molecule has 0 aliphatic rings. The van der Waals surface area contributed by atoms with E-state index in [9.17, 15) is 8.42 Å². The van der Waals surface area contributed by atoms with Crippen molar-refractivity contribution in [3.8, 4) is 0 Å². The molecule has 0 fully saturated rings. The van der Waals surface area contributed by atoms with Crippen molar-refractivity contribution in [1.82, 2.24) is 9.29 Å². The summed E-state index contributed by atoms with van der Waals surface area (Å²) >= 11 is 6.19. The van der Waals surface area contributed by atoms with Gasteiger partial charge in [-0.3, -0.25) is 0 Å². The molecule has 0 aliphatic carbocycles. The summed E-state index contributed by atoms with van der Waals surface area (Å²) in [4.78, 5) is 5.24. The standard InChI is InChI=1S/C10H11BrN2O2S3/c1-7-9(3-10(11)17-7)18(14,15)13(2)4-8-5-16-6-12-8/h3,5-6H,4H2,1-2H3. The van der Waals surface area contributed by atoms with Crippen molar-refractivity contribution in [2.24, 2.45) is 0 Å². The summed E-state index contributed by atoms with van der Waals surface area (Å²) in [6, 6.07) is 1.65. The Bertz CT molecular complexity index is 634. The van der Waals surface area contributed by atoms with Gasteiger partial charge < -0.3 is 0 Å². The van der Waals surface area contributed by atoms with Crippen LogP contribution in [0.1, 0.15) is 10.6 Å². The summed E-state index contributed by atoms with van der Waals surface area (Å²) in [5, 5.41) is 1.85. The molecule has 2 aromatic rings. The third-order valence-corrected chi connectivity index (χ3v) is 6.65. The van der Waals surface area contributed by atoms with E-state index in [1.165, 1.54) is 27.0 Å². The Balaban J connectivity index is 2.28. The molecule has 0 spiro atoms. The molecule has 2 heterocycles. The number of nitrogens with zero attached hydrogens (tertiary/aromatic N) is 2. The molecular formula is C10H11BrN2O2S3. The number of halogens is 1. The number of rotatable bonds is 4. The van der Waals surface area contributed by atoms with Crippen molar-refractivity contribution in [2.75, 3.05) is 7.05 Å². The van der Waals surface area contributed by atoms with Crippen molar-refractivity contribution >= 4 is 48.6 Å². The van der Waals surface area contributed by atoms with E-state index in [0.717, 1.165) is 14.4 Å². The van der Waals surface area contributed by atoms with E-state index in [1.807, 2.05) is 5.38 Å². The van der Waals surface area contributed by atoms with Gasteiger partial charge in [-0.1, -0.05) is 0 Å². The zero-order valence-electron chi connectivity index (χ0n) is 9.75. The van der Waals surface area contributed by atoms with Crippen LogP contribution in [-0.4, -0.2) is 24.8 Å². The van der Waals surface area contributed by atoms with Gasteiger partial charge >= 0.3 is 0 Å². The molecule has 0 unspecified atom stereocenters. The molecule has 98 valence electrons. The summed E-state index contributed by atoms with van der Waals surface area (Å²) in [5.41, 5.74) is 2.46. The van der Waals surface area contributed by atoms with Gasteiger partial charge in [0, 0.05) is 17.3 Å². The Labute approximate surface area is 122 Å². The van der Waals surface area contributed by atoms with Gasteiger partial charge in [-0.2, -0.15) is 4.31 Å². The lowest BCUT2D eigenvalue weighted by atomic mass is 10.5. The maximum atomic E-state index is 12.4. The highest BCUT2D eigenvalue weighted by Gasteiger charge is 2.25. The molecule has 8 heteroatoms. The minimum atomic E-state index is -3.45. The average molecular weight is 367 g/mol. The molecule has 0 aliphatic heterocycles. The van der Waals surface area contributed by atoms with Crippen LogP contribution in [0.4, 0.5) is 0 Å². The fourth-order valence-electron chi connectivity index (χ4n) is 1.48. The number of sulfonamides is 1. The van der Waals surface area contributed by atoms with Crippen LogP contribution in [0.2, 0.25) is 0 Å². The molecule has 0 atom stereocenters. The molecule has 18 heavy (non-hydrogen) atoms. The quantitative estimate of drug-likeness (QED) is 0.835. The SMILES string of the molecule is Cc1sc(Br)cc1S(=O)(=O)N(C)Cc1cscn1. The van der Waals surface area contributed by atoms with Gasteiger partial charge in [0.2, 0.25) is 10.0 Å². The lowest BCUT2D eigenvalue weighted by Crippen LogP contribution is -2.26. The molecule has 0 amide bonds. The Hall–Kier alpha value is -0.280. The number of hydrogen-bond acceptors (Lipinski definition) is 5. The summed E-state index contributed by atoms with van der Waals surface area (Å²) in [7, 11) is -1.88. The Morgan fingerprint density at radius 1 is 1.50 bits per heavy atom. The number of aromatic nitrogens is 1. The van der Waals surface area contributed by atoms with Crippen molar-refractivity contribution in [1.29, 1.82) is 0 Å². The fraction of sp³-hybridized carbons (Fsp3) is 0.300. The first-order chi connectivity index (χ1) is 8.41. The molecule has 0 saturated heterocycles. The van der Waals surface area contributed by atoms with Gasteiger partial charge in [0.25, 0.3) is 0 Å². The second kappa shape index (κ2) is 5.38. The van der Waals surface area contributed by atoms with Crippen molar-refractivity contribution in [3.63, 3.8) is 0 Å². The van der Waals surface area contributed by atoms with Crippen molar-refractivity contribution in [3.05, 3.63) is 31.3 Å². The van der Waals surface area contributed by atoms with Gasteiger partial charge in [0.15, 0.2) is 0 Å². The van der Waals surface area contributed by atoms with Crippen molar-refractivity contribution < 1.29 is 8.42 Å². The Kier molecular flexibility index (Phi) is 4.22. The topological polar surface area (TPSA) is 50.3 Å². The van der Waals surface area contributed by atoms with Crippen LogP contribution in [-0.2, 0) is 16.6 Å². The van der Waals surface area contributed by atoms with E-state index >= 15 is 0 Å². The minimum absolute atomic E-state index is 0.290. The number of thiazole rings is 1. The van der Waals surface area contributed by atoms with Crippen LogP contribution in [0.5, 0.6) is 0 Å². The fourth-order valence-corrected chi connectivity index (χ4v) is 5.55. The highest BCUT2D eigenvalue weighted by Crippen LogP contribution is 2.31. The van der Waals surface area contributed by atoms with E-state index in [1.54, 1.807) is 25.5 Å². The van der Waals surface area contributed by atoms with Crippen LogP contribution in [0.3, 0.4) is 0 Å². The Morgan fingerprint density at radius 2 is 2.22 bits per heavy atom. The molecule has 0 radical (unpaired) electrons. The summed E-state index contributed by atoms with van der Waals surface area (Å²) in [6.45, 7) is 2.09. The number of aryl methyl sites for hydroxylation is 1. The van der Waals surface area contributed by atoms with E-state index in [4.69, 9.17) is 0 Å². The Morgan fingerprint density at radius 3 is 2.72 bits per heavy atom. The summed E-state index contributed by atoms with van der Waals surface area (Å²) in [6.07, 6.45) is 0. The summed E-state index contributed by atoms with van der Waals surface area (Å²) < 4.78 is 26.9. The lowest BCUT2D eigenvalue weighted by Gasteiger charge is -2.15. The number of hydrogen-bond donors (Lipinski definition) is 0. The number of thiophene rings is 1. The first kappa shape index (κ1) is 14.1. The smallest absolute Gasteiger partial charge is 0.244 e. The van der Waals surface area contributed by atoms with Gasteiger partial charge in [0.1, 0.15) is 0 Å². The lowest BCUT2D eigenvalue weighted by molar-refractivity contribution is 0.463. The molecule has 0 aromatic carbocycles. The van der Waals surface area contributed by atoms with Crippen LogP contribution in [0.15, 0.2) is 25.6 Å². The van der Waals surface area contributed by atoms with E-state index < -0.39 is 10.0 Å². The maximum absolute atomic E-state index is 12.4. The third-order valence-electron chi connectivity index (χ3n) is 2.40. The predicted octanol–water partition coefficient (Wildman–Crippen LogP) is 3.10. The molecule has 2 rings (SSSR count). The van der Waals surface area contributed by atoms with E-state index in [2.05, 4.69) is 20.9 Å². The van der Waals surface area contributed by atoms with E-state index in [-0.39, 0.29) is 0 Å². The molecule has 2 aromatic heterocycles. The second-order valence-electron chi connectivity index (χ2n) is 3.71. The van der Waals surface area contributed by atoms with Crippen LogP contribution in [0.25, 0.3) is 0 Å². The third kappa shape index (κ3) is 2.83. The monoisotopic (exact) mass is 366 g/mol. The second-order valence-corrected chi connectivity index (χ2v) is 9.08. The average Bonchev–Trinajstić information content (AvgIpc) is 2.88. The highest BCUT2D eigenvalue weighted by atomic mass is 79.9. The first-order valence-electron chi connectivity index (χ1n) is 5.00. The predicted molar refractivity (Wildman–Crippen MR) is 77.5 cm³/mol. The molecule has 0 saturated carbocycles. The molecule has 0 bridgehead atoms. The zero-order valence-corrected chi connectivity index (χ0v) is 13.8. The largest absolute Gasteiger partial charge is 0.248 e. The minimum Gasteiger partial charge on any atom is -0.248 e. The van der Waals surface area contributed by atoms with Gasteiger partial charge in [-0.25, -0.2) is 13.4 Å². The van der Waals surface area contributed by atoms with Crippen molar-refractivity contribution in [2.45, 2.75) is 18.4 Å². The van der Waals surface area contributed by atoms with Gasteiger partial charge in [-0.15, -0.1) is 22.7 Å². The highest BCUT2D eigenvalue weighted by molar-refractivity contribution is 9.11. The van der Waals surface area contributed by atoms with Gasteiger partial charge in [-0.05, 0) is 28.9 Å². The molecular weight excluding hydrogens is 356 g/mol. The van der Waals surface area contributed by atoms with Crippen LogP contribution >= 0.6 is 38.6 Å². The maximum Gasteiger partial charge on any atom is 0.244 e. The van der Waals surface area contributed by atoms with Crippen LogP contribution in [0, 0.1) is 6.92 Å². The molecule has 0 N–H and O–H groups in total. The zero-order chi connectivity index (χ0) is 13.3.